The summed E-state index contributed by atoms with van der Waals surface area (Å²) in [6.07, 6.45) is -3.61. The highest BCUT2D eigenvalue weighted by Gasteiger charge is 2.28. The van der Waals surface area contributed by atoms with Gasteiger partial charge in [-0.25, -0.2) is 0 Å². The van der Waals surface area contributed by atoms with E-state index < -0.39 is 29.5 Å². The number of anilines is 1. The lowest BCUT2D eigenvalue weighted by Gasteiger charge is -2.17. The molecule has 0 spiro atoms. The summed E-state index contributed by atoms with van der Waals surface area (Å²) in [5.74, 6) is -0.738. The number of nitrogens with two attached hydrogens (primary N) is 1. The zero-order valence-electron chi connectivity index (χ0n) is 10.1. The van der Waals surface area contributed by atoms with Gasteiger partial charge in [0.1, 0.15) is 6.10 Å². The van der Waals surface area contributed by atoms with E-state index >= 15 is 0 Å². The second kappa shape index (κ2) is 6.12. The highest BCUT2D eigenvalue weighted by molar-refractivity contribution is 5.70. The highest BCUT2D eigenvalue weighted by atomic mass is 16.6. The quantitative estimate of drug-likeness (QED) is 0.299. The first-order valence-electron chi connectivity index (χ1n) is 5.33. The number of methoxy groups -OCH3 is 1. The van der Waals surface area contributed by atoms with E-state index in [4.69, 9.17) is 5.73 Å². The summed E-state index contributed by atoms with van der Waals surface area (Å²) in [7, 11) is 1.13. The smallest absolute Gasteiger partial charge is 0.308 e. The molecule has 0 aromatic heterocycles. The van der Waals surface area contributed by atoms with Crippen molar-refractivity contribution in [3.05, 3.63) is 33.9 Å². The molecule has 4 N–H and O–H groups in total. The van der Waals surface area contributed by atoms with Crippen LogP contribution in [0.2, 0.25) is 0 Å². The van der Waals surface area contributed by atoms with Gasteiger partial charge in [0.2, 0.25) is 0 Å². The van der Waals surface area contributed by atoms with Crippen LogP contribution in [0.5, 0.6) is 0 Å². The maximum atomic E-state index is 11.0. The number of benzene rings is 1. The molecule has 0 aliphatic carbocycles. The van der Waals surface area contributed by atoms with Crippen LogP contribution in [0.1, 0.15) is 18.1 Å². The molecule has 0 radical (unpaired) electrons. The number of nitrogens with zero attached hydrogens (tertiary/aromatic N) is 1. The molecule has 0 amide bonds. The standard InChI is InChI=1S/C11H14N2O6/c1-19-10(15)5-9(14)11(16)7-4-6(12)2-3-8(7)13(17)18/h2-4,9,11,14,16H,5,12H2,1H3. The van der Waals surface area contributed by atoms with E-state index in [1.807, 2.05) is 0 Å². The Hall–Kier alpha value is -2.19. The number of esters is 1. The van der Waals surface area contributed by atoms with Crippen LogP contribution < -0.4 is 5.73 Å². The van der Waals surface area contributed by atoms with Crippen molar-refractivity contribution in [2.45, 2.75) is 18.6 Å². The van der Waals surface area contributed by atoms with Crippen LogP contribution in [0, 0.1) is 10.1 Å². The molecule has 1 aromatic rings. The first-order chi connectivity index (χ1) is 8.86. The molecule has 0 saturated carbocycles. The van der Waals surface area contributed by atoms with E-state index in [2.05, 4.69) is 4.74 Å². The van der Waals surface area contributed by atoms with E-state index in [0.29, 0.717) is 0 Å². The van der Waals surface area contributed by atoms with Crippen molar-refractivity contribution < 1.29 is 24.7 Å². The Kier molecular flexibility index (Phi) is 4.79. The molecule has 8 heteroatoms. The summed E-state index contributed by atoms with van der Waals surface area (Å²) in [6.45, 7) is 0. The Balaban J connectivity index is 3.03. The molecule has 2 unspecified atom stereocenters. The van der Waals surface area contributed by atoms with Crippen LogP contribution in [0.3, 0.4) is 0 Å². The molecule has 1 aromatic carbocycles. The van der Waals surface area contributed by atoms with Gasteiger partial charge in [-0.3, -0.25) is 14.9 Å². The Morgan fingerprint density at radius 2 is 2.16 bits per heavy atom. The molecule has 0 saturated heterocycles. The Labute approximate surface area is 108 Å². The number of aliphatic hydroxyl groups is 2. The van der Waals surface area contributed by atoms with E-state index in [1.165, 1.54) is 12.1 Å². The van der Waals surface area contributed by atoms with E-state index in [0.717, 1.165) is 13.2 Å². The van der Waals surface area contributed by atoms with Crippen LogP contribution in [-0.2, 0) is 9.53 Å². The van der Waals surface area contributed by atoms with Gasteiger partial charge >= 0.3 is 5.97 Å². The summed E-state index contributed by atoms with van der Waals surface area (Å²) < 4.78 is 4.34. The van der Waals surface area contributed by atoms with E-state index in [9.17, 15) is 25.1 Å². The zero-order valence-corrected chi connectivity index (χ0v) is 10.1. The maximum absolute atomic E-state index is 11.0. The minimum absolute atomic E-state index is 0.151. The summed E-state index contributed by atoms with van der Waals surface area (Å²) in [5.41, 5.74) is 5.15. The zero-order chi connectivity index (χ0) is 14.6. The van der Waals surface area contributed by atoms with Crippen LogP contribution in [0.25, 0.3) is 0 Å². The third kappa shape index (κ3) is 3.63. The average molecular weight is 270 g/mol. The second-order valence-electron chi connectivity index (χ2n) is 3.87. The SMILES string of the molecule is COC(=O)CC(O)C(O)c1cc(N)ccc1[N+](=O)[O-]. The first kappa shape index (κ1) is 14.9. The number of hydrogen-bond donors (Lipinski definition) is 3. The van der Waals surface area contributed by atoms with Gasteiger partial charge in [-0.1, -0.05) is 0 Å². The molecule has 19 heavy (non-hydrogen) atoms. The van der Waals surface area contributed by atoms with Crippen molar-refractivity contribution >= 4 is 17.3 Å². The van der Waals surface area contributed by atoms with Crippen molar-refractivity contribution in [2.24, 2.45) is 0 Å². The average Bonchev–Trinajstić information content (AvgIpc) is 2.36. The minimum Gasteiger partial charge on any atom is -0.469 e. The molecule has 0 heterocycles. The van der Waals surface area contributed by atoms with Crippen molar-refractivity contribution in [1.29, 1.82) is 0 Å². The summed E-state index contributed by atoms with van der Waals surface area (Å²) >= 11 is 0. The Bertz CT molecular complexity index is 490. The van der Waals surface area contributed by atoms with Gasteiger partial charge in [-0.2, -0.15) is 0 Å². The Morgan fingerprint density at radius 1 is 1.53 bits per heavy atom. The van der Waals surface area contributed by atoms with Crippen molar-refractivity contribution in [2.75, 3.05) is 12.8 Å². The van der Waals surface area contributed by atoms with Gasteiger partial charge < -0.3 is 20.7 Å². The van der Waals surface area contributed by atoms with Crippen molar-refractivity contribution in [1.82, 2.24) is 0 Å². The number of ether oxygens (including phenoxy) is 1. The third-order valence-electron chi connectivity index (χ3n) is 2.53. The van der Waals surface area contributed by atoms with Crippen molar-refractivity contribution in [3.8, 4) is 0 Å². The molecule has 0 fully saturated rings. The topological polar surface area (TPSA) is 136 Å². The molecule has 8 nitrogen and oxygen atoms in total. The lowest BCUT2D eigenvalue weighted by molar-refractivity contribution is -0.386. The number of carbonyl (C=O) groups is 1. The fraction of sp³-hybridized carbons (Fsp3) is 0.364. The van der Waals surface area contributed by atoms with Gasteiger partial charge in [0.25, 0.3) is 5.69 Å². The molecule has 0 bridgehead atoms. The number of carbonyl (C=O) groups excluding carboxylic acids is 1. The monoisotopic (exact) mass is 270 g/mol. The number of nitrogen functional groups attached to an aromatic ring is 1. The fourth-order valence-electron chi connectivity index (χ4n) is 1.55. The predicted molar refractivity (Wildman–Crippen MR) is 65.1 cm³/mol. The van der Waals surface area contributed by atoms with Crippen LogP contribution in [-0.4, -0.2) is 34.3 Å². The predicted octanol–water partition coefficient (Wildman–Crippen LogP) is 0.134. The molecular weight excluding hydrogens is 256 g/mol. The first-order valence-corrected chi connectivity index (χ1v) is 5.33. The van der Waals surface area contributed by atoms with Gasteiger partial charge in [-0.15, -0.1) is 0 Å². The van der Waals surface area contributed by atoms with Gasteiger partial charge in [-0.05, 0) is 12.1 Å². The summed E-state index contributed by atoms with van der Waals surface area (Å²) in [4.78, 5) is 21.1. The normalized spacial score (nSPS) is 13.6. The van der Waals surface area contributed by atoms with Gasteiger partial charge in [0, 0.05) is 11.8 Å². The van der Waals surface area contributed by atoms with Crippen molar-refractivity contribution in [3.63, 3.8) is 0 Å². The van der Waals surface area contributed by atoms with Gasteiger partial charge in [0.05, 0.1) is 30.1 Å². The maximum Gasteiger partial charge on any atom is 0.308 e. The molecule has 2 atom stereocenters. The highest BCUT2D eigenvalue weighted by Crippen LogP contribution is 2.30. The molecule has 104 valence electrons. The largest absolute Gasteiger partial charge is 0.469 e. The minimum atomic E-state index is -1.61. The van der Waals surface area contributed by atoms with Crippen LogP contribution in [0.4, 0.5) is 11.4 Å². The lowest BCUT2D eigenvalue weighted by atomic mass is 10.00. The second-order valence-corrected chi connectivity index (χ2v) is 3.87. The summed E-state index contributed by atoms with van der Waals surface area (Å²) in [6, 6.07) is 3.61. The fourth-order valence-corrected chi connectivity index (χ4v) is 1.55. The third-order valence-corrected chi connectivity index (χ3v) is 2.53. The molecular formula is C11H14N2O6. The van der Waals surface area contributed by atoms with Crippen LogP contribution in [0.15, 0.2) is 18.2 Å². The molecule has 0 aliphatic heterocycles. The van der Waals surface area contributed by atoms with Crippen LogP contribution >= 0.6 is 0 Å². The number of nitro benzene ring substituents is 1. The summed E-state index contributed by atoms with van der Waals surface area (Å²) in [5, 5.41) is 30.3. The Morgan fingerprint density at radius 3 is 2.68 bits per heavy atom. The molecule has 1 rings (SSSR count). The number of rotatable bonds is 5. The van der Waals surface area contributed by atoms with Gasteiger partial charge in [0.15, 0.2) is 0 Å². The number of aliphatic hydroxyl groups excluding tert-OH is 2. The lowest BCUT2D eigenvalue weighted by Crippen LogP contribution is -2.23. The van der Waals surface area contributed by atoms with E-state index in [-0.39, 0.29) is 16.9 Å². The number of nitro groups is 1. The number of hydrogen-bond acceptors (Lipinski definition) is 7. The van der Waals surface area contributed by atoms with E-state index in [1.54, 1.807) is 0 Å². The molecule has 0 aliphatic rings.